The molecular weight excluding hydrogens is 925 g/mol. The zero-order chi connectivity index (χ0) is 49.0. The number of fused-ring (bicyclic) bond motifs is 3. The first-order valence-electron chi connectivity index (χ1n) is 22.6. The summed E-state index contributed by atoms with van der Waals surface area (Å²) in [5.41, 5.74) is 6.70. The molecule has 3 aliphatic rings. The summed E-state index contributed by atoms with van der Waals surface area (Å²) in [6.45, 7) is 9.46. The molecule has 3 aliphatic heterocycles. The second-order valence-corrected chi connectivity index (χ2v) is 22.3. The van der Waals surface area contributed by atoms with Gasteiger partial charge in [-0.2, -0.15) is 16.3 Å². The smallest absolute Gasteiger partial charge is 0.261 e. The van der Waals surface area contributed by atoms with E-state index in [1.165, 1.54) is 17.0 Å². The van der Waals surface area contributed by atoms with Gasteiger partial charge in [-0.25, -0.2) is 16.8 Å². The van der Waals surface area contributed by atoms with E-state index in [0.717, 1.165) is 71.0 Å². The lowest BCUT2D eigenvalue weighted by molar-refractivity contribution is -0.401. The molecule has 0 saturated heterocycles. The summed E-state index contributed by atoms with van der Waals surface area (Å²) in [7, 11) is -7.17. The molecule has 4 aromatic carbocycles. The van der Waals surface area contributed by atoms with Gasteiger partial charge >= 0.3 is 0 Å². The van der Waals surface area contributed by atoms with Crippen LogP contribution in [0.2, 0.25) is 0 Å². The highest BCUT2D eigenvalue weighted by atomic mass is 32.2. The maximum atomic E-state index is 12.8. The highest BCUT2D eigenvalue weighted by Crippen LogP contribution is 2.49. The minimum absolute atomic E-state index is 0.0233. The Morgan fingerprint density at radius 3 is 2.15 bits per heavy atom. The molecule has 1 N–H and O–H groups in total. The zero-order valence-electron chi connectivity index (χ0n) is 38.9. The third kappa shape index (κ3) is 11.3. The van der Waals surface area contributed by atoms with Gasteiger partial charge in [0, 0.05) is 53.3 Å². The van der Waals surface area contributed by atoms with E-state index < -0.39 is 36.8 Å². The SMILES string of the molecule is C[N+]1=C(/C=C/C=C2\N(CCCS(=O)(=O)[O-])c3ccc(S(=O)(=O)[O-])cc3C2(C)C)C(C)(C)c2cc(CNC(=O)CSCCCCCCOc3ccc(CN4C(=O)c5ccccc5C4=O)cc3)ccc21. The Labute approximate surface area is 403 Å². The molecule has 68 heavy (non-hydrogen) atoms. The van der Waals surface area contributed by atoms with Crippen LogP contribution in [-0.4, -0.2) is 96.3 Å². The lowest BCUT2D eigenvalue weighted by Gasteiger charge is -2.27. The second-order valence-electron chi connectivity index (χ2n) is 18.3. The average molecular weight is 982 g/mol. The normalized spacial score (nSPS) is 16.8. The highest BCUT2D eigenvalue weighted by Gasteiger charge is 2.44. The van der Waals surface area contributed by atoms with Crippen molar-refractivity contribution in [3.8, 4) is 5.75 Å². The van der Waals surface area contributed by atoms with Crippen LogP contribution in [0.25, 0.3) is 0 Å². The Bertz CT molecular complexity index is 2890. The number of hydrogen-bond donors (Lipinski definition) is 1. The van der Waals surface area contributed by atoms with Gasteiger partial charge in [-0.05, 0) is 110 Å². The van der Waals surface area contributed by atoms with Gasteiger partial charge in [0.2, 0.25) is 11.6 Å². The number of allylic oxidation sites excluding steroid dienone is 4. The van der Waals surface area contributed by atoms with E-state index in [4.69, 9.17) is 4.74 Å². The first-order valence-corrected chi connectivity index (χ1v) is 26.8. The molecule has 0 atom stereocenters. The van der Waals surface area contributed by atoms with Gasteiger partial charge in [-0.3, -0.25) is 19.3 Å². The van der Waals surface area contributed by atoms with Crippen LogP contribution in [-0.2, 0) is 49.0 Å². The third-order valence-corrected chi connectivity index (χ3v) is 15.5. The van der Waals surface area contributed by atoms with Crippen LogP contribution in [0.3, 0.4) is 0 Å². The topological polar surface area (TPSA) is 196 Å². The second kappa shape index (κ2) is 20.6. The third-order valence-electron chi connectivity index (χ3n) is 12.9. The number of nitrogens with one attached hydrogen (secondary N) is 1. The first kappa shape index (κ1) is 50.3. The van der Waals surface area contributed by atoms with Crippen LogP contribution in [0.5, 0.6) is 5.75 Å². The van der Waals surface area contributed by atoms with E-state index in [2.05, 4.69) is 35.9 Å². The van der Waals surface area contributed by atoms with Crippen molar-refractivity contribution in [2.24, 2.45) is 0 Å². The molecule has 4 aromatic rings. The molecular formula is C51H57N4O10S3-. The molecule has 14 nitrogen and oxygen atoms in total. The van der Waals surface area contributed by atoms with E-state index in [1.54, 1.807) is 42.1 Å². The van der Waals surface area contributed by atoms with Crippen LogP contribution in [0.15, 0.2) is 114 Å². The molecule has 0 saturated carbocycles. The van der Waals surface area contributed by atoms with Crippen molar-refractivity contribution in [3.63, 3.8) is 0 Å². The lowest BCUT2D eigenvalue weighted by Crippen LogP contribution is -2.29. The number of carbonyl (C=O) groups is 3. The monoisotopic (exact) mass is 981 g/mol. The van der Waals surface area contributed by atoms with Crippen LogP contribution in [0.4, 0.5) is 11.4 Å². The van der Waals surface area contributed by atoms with E-state index >= 15 is 0 Å². The summed E-state index contributed by atoms with van der Waals surface area (Å²) in [5, 5.41) is 3.07. The van der Waals surface area contributed by atoms with Crippen LogP contribution < -0.4 is 15.0 Å². The van der Waals surface area contributed by atoms with E-state index in [1.807, 2.05) is 74.4 Å². The standard InChI is InChI=1S/C51H58N4O10S3/c1-50(2)41-30-36(32-52-47(56)34-66-28-11-7-6-10-27-65-37-21-18-35(19-22-37)33-55-48(57)39-14-8-9-15-40(39)49(55)58)20-24-43(41)53(5)45(50)16-12-17-46-51(3,4)42-31-38(68(62,63)64)23-25-44(42)54(46)26-13-29-67(59,60)61/h8-9,12,14-25,30-31H,6-7,10-11,13,26-29,32-34H2,1-5H3,(H2-,52,56,59,60,61,62,63,64)/p-1. The summed E-state index contributed by atoms with van der Waals surface area (Å²) < 4.78 is 78.1. The van der Waals surface area contributed by atoms with Crippen LogP contribution in [0.1, 0.15) is 103 Å². The Morgan fingerprint density at radius 2 is 1.47 bits per heavy atom. The predicted molar refractivity (Wildman–Crippen MR) is 262 cm³/mol. The average Bonchev–Trinajstić information content (AvgIpc) is 3.74. The summed E-state index contributed by atoms with van der Waals surface area (Å²) in [4.78, 5) is 41.0. The van der Waals surface area contributed by atoms with Crippen LogP contribution in [0, 0.1) is 0 Å². The summed E-state index contributed by atoms with van der Waals surface area (Å²) >= 11 is 1.62. The van der Waals surface area contributed by atoms with Crippen molar-refractivity contribution in [3.05, 3.63) is 142 Å². The Morgan fingerprint density at radius 1 is 0.794 bits per heavy atom. The van der Waals surface area contributed by atoms with E-state index in [9.17, 15) is 40.3 Å². The molecule has 0 unspecified atom stereocenters. The van der Waals surface area contributed by atoms with Crippen molar-refractivity contribution in [1.82, 2.24) is 10.2 Å². The van der Waals surface area contributed by atoms with Gasteiger partial charge in [0.15, 0.2) is 5.71 Å². The molecule has 3 heterocycles. The van der Waals surface area contributed by atoms with Crippen molar-refractivity contribution in [1.29, 1.82) is 0 Å². The number of thioether (sulfide) groups is 1. The summed E-state index contributed by atoms with van der Waals surface area (Å²) in [5.74, 6) is 0.870. The highest BCUT2D eigenvalue weighted by molar-refractivity contribution is 7.99. The molecule has 0 radical (unpaired) electrons. The maximum Gasteiger partial charge on any atom is 0.261 e. The van der Waals surface area contributed by atoms with Gasteiger partial charge in [0.1, 0.15) is 22.9 Å². The van der Waals surface area contributed by atoms with Crippen LogP contribution >= 0.6 is 11.8 Å². The maximum absolute atomic E-state index is 12.8. The number of anilines is 1. The summed E-state index contributed by atoms with van der Waals surface area (Å²) in [6.07, 6.45) is 9.83. The fraction of sp³-hybridized carbons (Fsp3) is 0.373. The number of nitrogens with zero attached hydrogens (tertiary/aromatic N) is 3. The molecule has 3 amide bonds. The van der Waals surface area contributed by atoms with E-state index in [0.29, 0.717) is 41.3 Å². The Hall–Kier alpha value is -5.59. The van der Waals surface area contributed by atoms with Gasteiger partial charge in [0.05, 0.1) is 50.5 Å². The fourth-order valence-electron chi connectivity index (χ4n) is 9.20. The molecule has 0 bridgehead atoms. The quantitative estimate of drug-likeness (QED) is 0.0373. The molecule has 0 spiro atoms. The lowest BCUT2D eigenvalue weighted by atomic mass is 9.80. The number of ether oxygens (including phenoxy) is 1. The van der Waals surface area contributed by atoms with Crippen molar-refractivity contribution in [2.45, 2.75) is 88.6 Å². The van der Waals surface area contributed by atoms with Crippen molar-refractivity contribution in [2.75, 3.05) is 42.4 Å². The van der Waals surface area contributed by atoms with Gasteiger partial charge < -0.3 is 24.1 Å². The number of rotatable bonds is 21. The molecule has 360 valence electrons. The van der Waals surface area contributed by atoms with E-state index in [-0.39, 0.29) is 42.1 Å². The van der Waals surface area contributed by atoms with Crippen molar-refractivity contribution < 1.29 is 49.6 Å². The molecule has 17 heteroatoms. The van der Waals surface area contributed by atoms with Gasteiger partial charge in [-0.1, -0.05) is 63.1 Å². The number of carbonyl (C=O) groups excluding carboxylic acids is 3. The van der Waals surface area contributed by atoms with Crippen molar-refractivity contribution >= 4 is 66.8 Å². The number of amides is 3. The number of unbranched alkanes of at least 4 members (excludes halogenated alkanes) is 3. The zero-order valence-corrected chi connectivity index (χ0v) is 41.4. The molecule has 7 rings (SSSR count). The van der Waals surface area contributed by atoms with Gasteiger partial charge in [0.25, 0.3) is 11.8 Å². The number of hydrogen-bond acceptors (Lipinski definition) is 12. The fourth-order valence-corrected chi connectivity index (χ4v) is 11.0. The predicted octanol–water partition coefficient (Wildman–Crippen LogP) is 7.55. The molecule has 0 aromatic heterocycles. The largest absolute Gasteiger partial charge is 0.748 e. The van der Waals surface area contributed by atoms with Gasteiger partial charge in [-0.15, -0.1) is 0 Å². The Balaban J connectivity index is 0.836. The first-order chi connectivity index (χ1) is 32.2. The minimum Gasteiger partial charge on any atom is -0.748 e. The molecule has 0 fully saturated rings. The Kier molecular flexibility index (Phi) is 15.2. The number of benzene rings is 4. The number of imide groups is 1. The summed E-state index contributed by atoms with van der Waals surface area (Å²) in [6, 6.07) is 24.7. The minimum atomic E-state index is -4.72. The molecule has 0 aliphatic carbocycles.